The molecule has 6 rings (SSSR count). The van der Waals surface area contributed by atoms with E-state index in [2.05, 4.69) is 15.3 Å². The summed E-state index contributed by atoms with van der Waals surface area (Å²) in [6.07, 6.45) is 9.77. The van der Waals surface area contributed by atoms with E-state index >= 15 is 0 Å². The van der Waals surface area contributed by atoms with Gasteiger partial charge < -0.3 is 15.0 Å². The minimum absolute atomic E-state index is 0.328. The summed E-state index contributed by atoms with van der Waals surface area (Å²) in [5.74, 6) is 0.0462. The summed E-state index contributed by atoms with van der Waals surface area (Å²) in [6, 6.07) is 25.5. The quantitative estimate of drug-likeness (QED) is 0.187. The van der Waals surface area contributed by atoms with Crippen molar-refractivity contribution in [1.82, 2.24) is 19.5 Å². The normalized spacial score (nSPS) is 12.8. The van der Waals surface area contributed by atoms with E-state index in [0.717, 1.165) is 22.1 Å². The van der Waals surface area contributed by atoms with Crippen LogP contribution in [-0.4, -0.2) is 30.5 Å². The number of hydrogen-bond acceptors (Lipinski definition) is 5. The summed E-state index contributed by atoms with van der Waals surface area (Å²) in [4.78, 5) is 25.8. The van der Waals surface area contributed by atoms with Crippen LogP contribution in [0.3, 0.4) is 0 Å². The number of anilines is 1. The number of nitrogens with one attached hydrogen (secondary N) is 1. The van der Waals surface area contributed by atoms with E-state index in [1.54, 1.807) is 72.0 Å². The monoisotopic (exact) mass is 605 g/mol. The van der Waals surface area contributed by atoms with Gasteiger partial charge in [0.05, 0.1) is 23.7 Å². The van der Waals surface area contributed by atoms with Crippen LogP contribution in [0.25, 0.3) is 28.1 Å². The summed E-state index contributed by atoms with van der Waals surface area (Å²) in [5.41, 5.74) is 3.34. The molecule has 3 aromatic heterocycles. The average molecular weight is 607 g/mol. The first-order valence-corrected chi connectivity index (χ1v) is 14.1. The first-order valence-electron chi connectivity index (χ1n) is 13.4. The van der Waals surface area contributed by atoms with Crippen molar-refractivity contribution in [2.24, 2.45) is 7.05 Å². The number of nitrogens with zero attached hydrogens (tertiary/aromatic N) is 4. The lowest BCUT2D eigenvalue weighted by Crippen LogP contribution is -2.31. The number of aromatic nitrogens is 4. The van der Waals surface area contributed by atoms with Crippen LogP contribution in [0.2, 0.25) is 10.0 Å². The highest BCUT2D eigenvalue weighted by molar-refractivity contribution is 6.31. The van der Waals surface area contributed by atoms with E-state index in [1.165, 1.54) is 6.08 Å². The molecule has 0 bridgehead atoms. The van der Waals surface area contributed by atoms with Gasteiger partial charge in [0, 0.05) is 40.9 Å². The fraction of sp³-hybridized carbons (Fsp3) is 0.0588. The SMILES string of the molecule is Cn1cncc1C(O)(c1ccc(Cl)cc1)c1ccc2nc(NC(=O)/C=C/c3ccncc3)cc(-c3cccc(Cl)c3)c2c1. The topological polar surface area (TPSA) is 92.9 Å². The third kappa shape index (κ3) is 5.79. The second-order valence-electron chi connectivity index (χ2n) is 10.0. The number of aryl methyl sites for hydroxylation is 1. The van der Waals surface area contributed by atoms with Crippen LogP contribution in [0, 0.1) is 0 Å². The molecule has 0 aliphatic rings. The molecule has 1 amide bonds. The fourth-order valence-corrected chi connectivity index (χ4v) is 5.40. The van der Waals surface area contributed by atoms with Gasteiger partial charge in [-0.05, 0) is 88.5 Å². The standard InChI is InChI=1S/C34H25Cl2N5O2/c1-41-21-38-20-31(41)34(43,24-6-9-26(35)10-7-24)25-8-11-30-29(18-25)28(23-3-2-4-27(36)17-23)19-32(39-30)40-33(42)12-5-22-13-15-37-16-14-22/h2-21,43H,1H3,(H,39,40,42)/b12-5+. The zero-order valence-electron chi connectivity index (χ0n) is 22.9. The Morgan fingerprint density at radius 3 is 2.40 bits per heavy atom. The minimum atomic E-state index is -1.56. The Kier molecular flexibility index (Phi) is 7.78. The Morgan fingerprint density at radius 2 is 1.67 bits per heavy atom. The molecule has 0 saturated carbocycles. The second-order valence-corrected chi connectivity index (χ2v) is 10.9. The number of benzene rings is 3. The predicted octanol–water partition coefficient (Wildman–Crippen LogP) is 7.27. The van der Waals surface area contributed by atoms with Crippen LogP contribution >= 0.6 is 23.2 Å². The number of pyridine rings is 2. The molecule has 43 heavy (non-hydrogen) atoms. The minimum Gasteiger partial charge on any atom is -0.374 e. The molecule has 0 fully saturated rings. The van der Waals surface area contributed by atoms with Gasteiger partial charge >= 0.3 is 0 Å². The maximum atomic E-state index is 12.8. The molecular weight excluding hydrogens is 581 g/mol. The molecule has 212 valence electrons. The van der Waals surface area contributed by atoms with Gasteiger partial charge in [0.1, 0.15) is 5.82 Å². The highest BCUT2D eigenvalue weighted by Crippen LogP contribution is 2.40. The number of halogens is 2. The summed E-state index contributed by atoms with van der Waals surface area (Å²) in [6.45, 7) is 0. The lowest BCUT2D eigenvalue weighted by atomic mass is 9.82. The summed E-state index contributed by atoms with van der Waals surface area (Å²) >= 11 is 12.6. The molecule has 9 heteroatoms. The number of imidazole rings is 1. The van der Waals surface area contributed by atoms with Crippen LogP contribution in [-0.2, 0) is 17.4 Å². The third-order valence-corrected chi connectivity index (χ3v) is 7.68. The number of carbonyl (C=O) groups excluding carboxylic acids is 1. The zero-order chi connectivity index (χ0) is 30.0. The summed E-state index contributed by atoms with van der Waals surface area (Å²) in [5, 5.41) is 17.2. The van der Waals surface area contributed by atoms with Gasteiger partial charge in [-0.1, -0.05) is 53.5 Å². The van der Waals surface area contributed by atoms with Crippen LogP contribution < -0.4 is 5.32 Å². The predicted molar refractivity (Wildman–Crippen MR) is 171 cm³/mol. The average Bonchev–Trinajstić information content (AvgIpc) is 3.46. The van der Waals surface area contributed by atoms with Gasteiger partial charge in [-0.25, -0.2) is 9.97 Å². The van der Waals surface area contributed by atoms with Gasteiger partial charge in [0.15, 0.2) is 5.60 Å². The number of aliphatic hydroxyl groups is 1. The molecule has 0 aliphatic heterocycles. The van der Waals surface area contributed by atoms with Crippen molar-refractivity contribution in [2.45, 2.75) is 5.60 Å². The van der Waals surface area contributed by atoms with Gasteiger partial charge in [-0.15, -0.1) is 0 Å². The van der Waals surface area contributed by atoms with Crippen molar-refractivity contribution < 1.29 is 9.90 Å². The highest BCUT2D eigenvalue weighted by atomic mass is 35.5. The van der Waals surface area contributed by atoms with E-state index in [9.17, 15) is 9.90 Å². The van der Waals surface area contributed by atoms with Crippen molar-refractivity contribution in [3.63, 3.8) is 0 Å². The first kappa shape index (κ1) is 28.3. The molecule has 0 saturated heterocycles. The molecule has 1 unspecified atom stereocenters. The van der Waals surface area contributed by atoms with E-state index in [0.29, 0.717) is 38.2 Å². The lowest BCUT2D eigenvalue weighted by molar-refractivity contribution is -0.111. The number of rotatable bonds is 7. The van der Waals surface area contributed by atoms with Crippen LogP contribution in [0.1, 0.15) is 22.4 Å². The van der Waals surface area contributed by atoms with Crippen molar-refractivity contribution in [3.8, 4) is 11.1 Å². The third-order valence-electron chi connectivity index (χ3n) is 7.20. The zero-order valence-corrected chi connectivity index (χ0v) is 24.5. The van der Waals surface area contributed by atoms with Crippen molar-refractivity contribution >= 4 is 51.9 Å². The Hall–Kier alpha value is -4.82. The smallest absolute Gasteiger partial charge is 0.249 e. The van der Waals surface area contributed by atoms with Gasteiger partial charge in [-0.3, -0.25) is 9.78 Å². The molecule has 1 atom stereocenters. The molecule has 0 spiro atoms. The first-order chi connectivity index (χ1) is 20.8. The molecule has 3 heterocycles. The molecule has 3 aromatic carbocycles. The van der Waals surface area contributed by atoms with E-state index in [4.69, 9.17) is 28.2 Å². The van der Waals surface area contributed by atoms with Gasteiger partial charge in [0.2, 0.25) is 5.91 Å². The van der Waals surface area contributed by atoms with E-state index in [-0.39, 0.29) is 5.91 Å². The molecular formula is C34H25Cl2N5O2. The lowest BCUT2D eigenvalue weighted by Gasteiger charge is -2.30. The Morgan fingerprint density at radius 1 is 0.907 bits per heavy atom. The van der Waals surface area contributed by atoms with Crippen molar-refractivity contribution in [1.29, 1.82) is 0 Å². The van der Waals surface area contributed by atoms with E-state index < -0.39 is 5.60 Å². The Balaban J connectivity index is 1.49. The maximum Gasteiger partial charge on any atom is 0.249 e. The highest BCUT2D eigenvalue weighted by Gasteiger charge is 2.37. The maximum absolute atomic E-state index is 12.8. The van der Waals surface area contributed by atoms with Crippen LogP contribution in [0.5, 0.6) is 0 Å². The molecule has 0 aliphatic carbocycles. The van der Waals surface area contributed by atoms with Crippen molar-refractivity contribution in [2.75, 3.05) is 5.32 Å². The van der Waals surface area contributed by atoms with Crippen molar-refractivity contribution in [3.05, 3.63) is 148 Å². The molecule has 7 nitrogen and oxygen atoms in total. The molecule has 2 N–H and O–H groups in total. The van der Waals surface area contributed by atoms with Gasteiger partial charge in [0.25, 0.3) is 0 Å². The second kappa shape index (κ2) is 11.8. The number of hydrogen-bond donors (Lipinski definition) is 2. The number of fused-ring (bicyclic) bond motifs is 1. The van der Waals surface area contributed by atoms with Crippen LogP contribution in [0.4, 0.5) is 5.82 Å². The largest absolute Gasteiger partial charge is 0.374 e. The van der Waals surface area contributed by atoms with E-state index in [1.807, 2.05) is 55.6 Å². The fourth-order valence-electron chi connectivity index (χ4n) is 5.08. The Bertz CT molecular complexity index is 1970. The summed E-state index contributed by atoms with van der Waals surface area (Å²) < 4.78 is 1.78. The summed E-state index contributed by atoms with van der Waals surface area (Å²) in [7, 11) is 1.83. The molecule has 6 aromatic rings. The Labute approximate surface area is 258 Å². The molecule has 0 radical (unpaired) electrons. The number of carbonyl (C=O) groups is 1. The van der Waals surface area contributed by atoms with Gasteiger partial charge in [-0.2, -0.15) is 0 Å². The van der Waals surface area contributed by atoms with Crippen LogP contribution in [0.15, 0.2) is 116 Å². The number of amides is 1.